The third-order valence-corrected chi connectivity index (χ3v) is 12.9. The number of fused-ring (bicyclic) bond motifs is 6. The third-order valence-electron chi connectivity index (χ3n) is 12.9. The topological polar surface area (TPSA) is 103 Å². The van der Waals surface area contributed by atoms with Crippen LogP contribution in [0.15, 0.2) is 48.5 Å². The molecule has 9 heteroatoms. The SMILES string of the molecule is C#C[C@]1(O)CC[C@H]2[C@@H]3CCc4cc(OC)c(N5CCN(C(=O)[C@@H]6CCCN6C(=O)c6ccc7ccccc7n6)CC5=O)cc4[C@H]3CC[C@@]21C. The number of terminal acetylenes is 1. The lowest BCUT2D eigenvalue weighted by Gasteiger charge is -2.52. The minimum atomic E-state index is -1.05. The smallest absolute Gasteiger partial charge is 0.273 e. The van der Waals surface area contributed by atoms with Crippen molar-refractivity contribution < 1.29 is 24.2 Å². The van der Waals surface area contributed by atoms with E-state index < -0.39 is 11.6 Å². The number of rotatable bonds is 4. The van der Waals surface area contributed by atoms with Crippen LogP contribution in [-0.4, -0.2) is 82.5 Å². The number of pyridine rings is 1. The Morgan fingerprint density at radius 2 is 1.88 bits per heavy atom. The van der Waals surface area contributed by atoms with Crippen molar-refractivity contribution in [2.24, 2.45) is 17.3 Å². The van der Waals surface area contributed by atoms with E-state index in [1.165, 1.54) is 11.1 Å². The number of para-hydroxylation sites is 1. The van der Waals surface area contributed by atoms with E-state index in [1.807, 2.05) is 30.3 Å². The van der Waals surface area contributed by atoms with Gasteiger partial charge in [0, 0.05) is 30.4 Å². The van der Waals surface area contributed by atoms with Gasteiger partial charge in [-0.2, -0.15) is 0 Å². The molecule has 0 unspecified atom stereocenters. The van der Waals surface area contributed by atoms with Crippen LogP contribution in [0.1, 0.15) is 79.4 Å². The number of hydrogen-bond donors (Lipinski definition) is 1. The van der Waals surface area contributed by atoms with Crippen molar-refractivity contribution in [1.82, 2.24) is 14.8 Å². The zero-order valence-corrected chi connectivity index (χ0v) is 28.4. The molecule has 3 amide bonds. The first kappa shape index (κ1) is 31.8. The molecular weight excluding hydrogens is 616 g/mol. The number of aromatic nitrogens is 1. The lowest BCUT2D eigenvalue weighted by molar-refractivity contribution is -0.140. The fourth-order valence-electron chi connectivity index (χ4n) is 10.1. The molecule has 3 heterocycles. The Balaban J connectivity index is 0.995. The van der Waals surface area contributed by atoms with E-state index in [0.29, 0.717) is 61.7 Å². The highest BCUT2D eigenvalue weighted by Gasteiger charge is 2.61. The Labute approximate surface area is 287 Å². The summed E-state index contributed by atoms with van der Waals surface area (Å²) in [6.07, 6.45) is 12.6. The normalized spacial score (nSPS) is 30.8. The Kier molecular flexibility index (Phi) is 7.71. The molecule has 2 aliphatic heterocycles. The number of aliphatic hydroxyl groups is 1. The molecule has 2 saturated carbocycles. The van der Waals surface area contributed by atoms with Crippen LogP contribution in [0.4, 0.5) is 5.69 Å². The van der Waals surface area contributed by atoms with Crippen molar-refractivity contribution in [2.45, 2.75) is 75.9 Å². The van der Waals surface area contributed by atoms with Crippen molar-refractivity contribution in [2.75, 3.05) is 38.2 Å². The van der Waals surface area contributed by atoms with Gasteiger partial charge in [0.2, 0.25) is 11.8 Å². The lowest BCUT2D eigenvalue weighted by Crippen LogP contribution is -2.56. The summed E-state index contributed by atoms with van der Waals surface area (Å²) in [7, 11) is 1.64. The molecule has 6 atom stereocenters. The van der Waals surface area contributed by atoms with Gasteiger partial charge in [-0.25, -0.2) is 4.98 Å². The second-order valence-corrected chi connectivity index (χ2v) is 15.0. The highest BCUT2D eigenvalue weighted by atomic mass is 16.5. The molecule has 0 bridgehead atoms. The predicted molar refractivity (Wildman–Crippen MR) is 186 cm³/mol. The summed E-state index contributed by atoms with van der Waals surface area (Å²) in [6, 6.07) is 14.9. The third kappa shape index (κ3) is 4.93. The number of aryl methyl sites for hydroxylation is 1. The van der Waals surface area contributed by atoms with Gasteiger partial charge in [-0.3, -0.25) is 14.4 Å². The van der Waals surface area contributed by atoms with Gasteiger partial charge in [-0.15, -0.1) is 6.42 Å². The maximum atomic E-state index is 13.9. The minimum absolute atomic E-state index is 0.0526. The van der Waals surface area contributed by atoms with Gasteiger partial charge in [-0.1, -0.05) is 37.1 Å². The molecule has 49 heavy (non-hydrogen) atoms. The number of methoxy groups -OCH3 is 1. The first-order valence-electron chi connectivity index (χ1n) is 17.8. The summed E-state index contributed by atoms with van der Waals surface area (Å²) in [5.74, 6) is 3.96. The Hall–Kier alpha value is -4.42. The predicted octanol–water partition coefficient (Wildman–Crippen LogP) is 4.94. The molecule has 254 valence electrons. The van der Waals surface area contributed by atoms with Crippen molar-refractivity contribution in [1.29, 1.82) is 0 Å². The summed E-state index contributed by atoms with van der Waals surface area (Å²) < 4.78 is 5.86. The average molecular weight is 661 g/mol. The van der Waals surface area contributed by atoms with E-state index in [1.54, 1.807) is 27.9 Å². The van der Waals surface area contributed by atoms with Crippen LogP contribution in [0.3, 0.4) is 0 Å². The quantitative estimate of drug-likeness (QED) is 0.398. The number of hydrogen-bond acceptors (Lipinski definition) is 6. The fourth-order valence-corrected chi connectivity index (χ4v) is 10.1. The largest absolute Gasteiger partial charge is 0.495 e. The van der Waals surface area contributed by atoms with Crippen molar-refractivity contribution in [3.05, 3.63) is 65.4 Å². The number of amides is 3. The average Bonchev–Trinajstić information content (AvgIpc) is 3.73. The van der Waals surface area contributed by atoms with Crippen LogP contribution >= 0.6 is 0 Å². The second kappa shape index (κ2) is 11.9. The maximum Gasteiger partial charge on any atom is 0.273 e. The number of ether oxygens (including phenoxy) is 1. The van der Waals surface area contributed by atoms with E-state index in [9.17, 15) is 19.5 Å². The van der Waals surface area contributed by atoms with Gasteiger partial charge in [0.05, 0.1) is 18.3 Å². The van der Waals surface area contributed by atoms with E-state index in [-0.39, 0.29) is 29.7 Å². The number of nitrogens with zero attached hydrogens (tertiary/aromatic N) is 4. The molecule has 5 aliphatic rings. The number of anilines is 1. The Bertz CT molecular complexity index is 1900. The Morgan fingerprint density at radius 3 is 2.67 bits per heavy atom. The zero-order chi connectivity index (χ0) is 34.1. The fraction of sp³-hybridized carbons (Fsp3) is 0.500. The van der Waals surface area contributed by atoms with Crippen LogP contribution in [-0.2, 0) is 16.0 Å². The van der Waals surface area contributed by atoms with Crippen molar-refractivity contribution >= 4 is 34.3 Å². The summed E-state index contributed by atoms with van der Waals surface area (Å²) in [5, 5.41) is 12.3. The van der Waals surface area contributed by atoms with E-state index in [4.69, 9.17) is 11.2 Å². The van der Waals surface area contributed by atoms with E-state index >= 15 is 0 Å². The van der Waals surface area contributed by atoms with Crippen LogP contribution < -0.4 is 9.64 Å². The summed E-state index contributed by atoms with van der Waals surface area (Å²) in [4.78, 5) is 50.9. The zero-order valence-electron chi connectivity index (χ0n) is 28.4. The van der Waals surface area contributed by atoms with Gasteiger partial charge in [0.25, 0.3) is 5.91 Å². The standard InChI is InChI=1S/C40H44N4O5/c1-4-40(48)18-16-30-28-13-11-26-22-35(49-3)34(23-29(26)27(28)15-17-39(30,40)2)43-21-20-42(24-36(43)45)38(47)33-10-7-19-44(33)37(46)32-14-12-25-8-5-6-9-31(25)41-32/h1,5-6,8-9,12,14,22-23,27-28,30,33,48H,7,10-11,13,15-21,24H2,2-3H3/t27-,28+,30-,33-,39-,40-/m0/s1. The second-order valence-electron chi connectivity index (χ2n) is 15.0. The van der Waals surface area contributed by atoms with Crippen molar-refractivity contribution in [3.8, 4) is 18.1 Å². The van der Waals surface area contributed by atoms with Gasteiger partial charge in [0.15, 0.2) is 0 Å². The molecular formula is C40H44N4O5. The molecule has 2 aromatic carbocycles. The molecule has 3 aliphatic carbocycles. The molecule has 1 N–H and O–H groups in total. The van der Waals surface area contributed by atoms with Crippen LogP contribution in [0.2, 0.25) is 0 Å². The minimum Gasteiger partial charge on any atom is -0.495 e. The molecule has 9 nitrogen and oxygen atoms in total. The van der Waals surface area contributed by atoms with E-state index in [2.05, 4.69) is 30.0 Å². The van der Waals surface area contributed by atoms with Crippen LogP contribution in [0, 0.1) is 29.6 Å². The van der Waals surface area contributed by atoms with Gasteiger partial charge in [-0.05, 0) is 105 Å². The number of piperazine rings is 1. The molecule has 4 fully saturated rings. The molecule has 1 aromatic heterocycles. The Morgan fingerprint density at radius 1 is 1.04 bits per heavy atom. The summed E-state index contributed by atoms with van der Waals surface area (Å²) in [5.41, 5.74) is 3.03. The van der Waals surface area contributed by atoms with Gasteiger partial charge < -0.3 is 24.5 Å². The first-order chi connectivity index (χ1) is 23.7. The van der Waals surface area contributed by atoms with Crippen LogP contribution in [0.25, 0.3) is 10.9 Å². The number of likely N-dealkylation sites (tertiary alicyclic amines) is 1. The molecule has 2 saturated heterocycles. The lowest BCUT2D eigenvalue weighted by atomic mass is 9.53. The first-order valence-corrected chi connectivity index (χ1v) is 17.8. The summed E-state index contributed by atoms with van der Waals surface area (Å²) in [6.45, 7) is 3.33. The van der Waals surface area contributed by atoms with Crippen LogP contribution in [0.5, 0.6) is 5.75 Å². The number of carbonyl (C=O) groups excluding carboxylic acids is 3. The molecule has 0 spiro atoms. The summed E-state index contributed by atoms with van der Waals surface area (Å²) >= 11 is 0. The number of benzene rings is 2. The van der Waals surface area contributed by atoms with Crippen molar-refractivity contribution in [3.63, 3.8) is 0 Å². The number of carbonyl (C=O) groups is 3. The van der Waals surface area contributed by atoms with Gasteiger partial charge >= 0.3 is 0 Å². The van der Waals surface area contributed by atoms with Gasteiger partial charge in [0.1, 0.15) is 29.6 Å². The maximum absolute atomic E-state index is 13.9. The monoisotopic (exact) mass is 660 g/mol. The highest BCUT2D eigenvalue weighted by Crippen LogP contribution is 2.64. The van der Waals surface area contributed by atoms with E-state index in [0.717, 1.165) is 55.1 Å². The highest BCUT2D eigenvalue weighted by molar-refractivity contribution is 6.02. The molecule has 0 radical (unpaired) electrons. The molecule has 3 aromatic rings. The molecule has 8 rings (SSSR count).